The van der Waals surface area contributed by atoms with E-state index >= 15 is 0 Å². The van der Waals surface area contributed by atoms with E-state index in [1.807, 2.05) is 24.1 Å². The molecule has 0 fully saturated rings. The molecule has 5 heteroatoms. The first kappa shape index (κ1) is 14.7. The molecule has 0 aromatic heterocycles. The molecule has 0 saturated heterocycles. The van der Waals surface area contributed by atoms with Crippen LogP contribution in [0.1, 0.15) is 5.56 Å². The maximum atomic E-state index is 13.2. The molecule has 0 spiro atoms. The first-order valence-electron chi connectivity index (χ1n) is 6.03. The Morgan fingerprint density at radius 3 is 2.70 bits per heavy atom. The zero-order valence-electron chi connectivity index (χ0n) is 11.2. The van der Waals surface area contributed by atoms with Gasteiger partial charge in [0.15, 0.2) is 11.5 Å². The molecule has 0 aliphatic carbocycles. The van der Waals surface area contributed by atoms with Gasteiger partial charge < -0.3 is 14.7 Å². The quantitative estimate of drug-likeness (QED) is 0.915. The van der Waals surface area contributed by atoms with Gasteiger partial charge in [0.1, 0.15) is 5.82 Å². The molecule has 106 valence electrons. The van der Waals surface area contributed by atoms with Crippen LogP contribution in [0.2, 0.25) is 0 Å². The van der Waals surface area contributed by atoms with Crippen molar-refractivity contribution in [2.45, 2.75) is 6.54 Å². The number of benzene rings is 2. The highest BCUT2D eigenvalue weighted by Gasteiger charge is 2.10. The van der Waals surface area contributed by atoms with E-state index in [1.165, 1.54) is 19.2 Å². The second-order valence-corrected chi connectivity index (χ2v) is 5.32. The number of halogens is 2. The van der Waals surface area contributed by atoms with E-state index in [-0.39, 0.29) is 11.6 Å². The van der Waals surface area contributed by atoms with Crippen molar-refractivity contribution in [3.8, 4) is 11.5 Å². The minimum absolute atomic E-state index is 0.0738. The minimum atomic E-state index is -0.265. The smallest absolute Gasteiger partial charge is 0.172 e. The van der Waals surface area contributed by atoms with Gasteiger partial charge in [-0.3, -0.25) is 0 Å². The largest absolute Gasteiger partial charge is 0.503 e. The number of hydrogen-bond acceptors (Lipinski definition) is 3. The number of aromatic hydroxyl groups is 1. The summed E-state index contributed by atoms with van der Waals surface area (Å²) in [5.41, 5.74) is 1.73. The maximum Gasteiger partial charge on any atom is 0.172 e. The average molecular weight is 340 g/mol. The van der Waals surface area contributed by atoms with Crippen molar-refractivity contribution in [2.75, 3.05) is 19.1 Å². The molecule has 0 amide bonds. The Morgan fingerprint density at radius 1 is 1.30 bits per heavy atom. The molecular formula is C15H15BrFNO2. The van der Waals surface area contributed by atoms with E-state index in [1.54, 1.807) is 12.1 Å². The third-order valence-corrected chi connectivity index (χ3v) is 3.58. The molecule has 0 saturated carbocycles. The lowest BCUT2D eigenvalue weighted by Crippen LogP contribution is -2.16. The SMILES string of the molecule is COc1cc(CN(C)c2cccc(F)c2)cc(Br)c1O. The molecule has 2 rings (SSSR count). The van der Waals surface area contributed by atoms with Crippen molar-refractivity contribution in [2.24, 2.45) is 0 Å². The number of anilines is 1. The Balaban J connectivity index is 2.23. The lowest BCUT2D eigenvalue weighted by molar-refractivity contribution is 0.371. The van der Waals surface area contributed by atoms with Crippen LogP contribution in [0.25, 0.3) is 0 Å². The van der Waals surface area contributed by atoms with E-state index in [9.17, 15) is 9.50 Å². The molecule has 2 aromatic carbocycles. The fourth-order valence-corrected chi connectivity index (χ4v) is 2.44. The molecule has 0 atom stereocenters. The molecule has 0 heterocycles. The highest BCUT2D eigenvalue weighted by Crippen LogP contribution is 2.35. The number of phenols is 1. The van der Waals surface area contributed by atoms with Gasteiger partial charge >= 0.3 is 0 Å². The summed E-state index contributed by atoms with van der Waals surface area (Å²) in [6.45, 7) is 0.568. The van der Waals surface area contributed by atoms with E-state index in [2.05, 4.69) is 15.9 Å². The first-order chi connectivity index (χ1) is 9.51. The molecule has 20 heavy (non-hydrogen) atoms. The second-order valence-electron chi connectivity index (χ2n) is 4.46. The highest BCUT2D eigenvalue weighted by atomic mass is 79.9. The zero-order chi connectivity index (χ0) is 14.7. The van der Waals surface area contributed by atoms with E-state index in [0.717, 1.165) is 11.3 Å². The molecule has 1 N–H and O–H groups in total. The Hall–Kier alpha value is -1.75. The molecule has 0 aliphatic heterocycles. The predicted octanol–water partition coefficient (Wildman–Crippen LogP) is 3.94. The molecule has 2 aromatic rings. The highest BCUT2D eigenvalue weighted by molar-refractivity contribution is 9.10. The van der Waals surface area contributed by atoms with Crippen LogP contribution in [0.4, 0.5) is 10.1 Å². The van der Waals surface area contributed by atoms with Crippen LogP contribution in [0.15, 0.2) is 40.9 Å². The summed E-state index contributed by atoms with van der Waals surface area (Å²) in [6.07, 6.45) is 0. The minimum Gasteiger partial charge on any atom is -0.503 e. The number of methoxy groups -OCH3 is 1. The third-order valence-electron chi connectivity index (χ3n) is 2.98. The van der Waals surface area contributed by atoms with Gasteiger partial charge in [-0.25, -0.2) is 4.39 Å². The summed E-state index contributed by atoms with van der Waals surface area (Å²) >= 11 is 3.29. The van der Waals surface area contributed by atoms with Crippen LogP contribution < -0.4 is 9.64 Å². The lowest BCUT2D eigenvalue weighted by atomic mass is 10.1. The van der Waals surface area contributed by atoms with E-state index < -0.39 is 0 Å². The van der Waals surface area contributed by atoms with Gasteiger partial charge in [-0.2, -0.15) is 0 Å². The van der Waals surface area contributed by atoms with Crippen molar-refractivity contribution >= 4 is 21.6 Å². The van der Waals surface area contributed by atoms with Crippen molar-refractivity contribution < 1.29 is 14.2 Å². The normalized spacial score (nSPS) is 10.4. The fourth-order valence-electron chi connectivity index (χ4n) is 1.95. The second kappa shape index (κ2) is 6.13. The summed E-state index contributed by atoms with van der Waals surface area (Å²) in [4.78, 5) is 1.92. The molecular weight excluding hydrogens is 325 g/mol. The molecule has 3 nitrogen and oxygen atoms in total. The lowest BCUT2D eigenvalue weighted by Gasteiger charge is -2.20. The summed E-state index contributed by atoms with van der Waals surface area (Å²) in [5, 5.41) is 9.77. The van der Waals surface area contributed by atoms with Crippen LogP contribution in [-0.2, 0) is 6.54 Å². The van der Waals surface area contributed by atoms with Gasteiger partial charge in [-0.15, -0.1) is 0 Å². The Morgan fingerprint density at radius 2 is 2.05 bits per heavy atom. The van der Waals surface area contributed by atoms with Gasteiger partial charge in [0.05, 0.1) is 11.6 Å². The van der Waals surface area contributed by atoms with E-state index in [4.69, 9.17) is 4.74 Å². The number of ether oxygens (including phenoxy) is 1. The standard InChI is InChI=1S/C15H15BrFNO2/c1-18(12-5-3-4-11(17)8-12)9-10-6-13(16)15(19)14(7-10)20-2/h3-8,19H,9H2,1-2H3. The van der Waals surface area contributed by atoms with E-state index in [0.29, 0.717) is 16.8 Å². The molecule has 0 radical (unpaired) electrons. The van der Waals surface area contributed by atoms with Crippen molar-refractivity contribution in [3.05, 3.63) is 52.3 Å². The zero-order valence-corrected chi connectivity index (χ0v) is 12.8. The van der Waals surface area contributed by atoms with Gasteiger partial charge in [0.25, 0.3) is 0 Å². The van der Waals surface area contributed by atoms with Crippen LogP contribution >= 0.6 is 15.9 Å². The number of nitrogens with zero attached hydrogens (tertiary/aromatic N) is 1. The van der Waals surface area contributed by atoms with Gasteiger partial charge in [0.2, 0.25) is 0 Å². The Bertz CT molecular complexity index is 619. The monoisotopic (exact) mass is 339 g/mol. The van der Waals surface area contributed by atoms with Crippen molar-refractivity contribution in [1.82, 2.24) is 0 Å². The van der Waals surface area contributed by atoms with Crippen LogP contribution in [0.5, 0.6) is 11.5 Å². The number of phenolic OH excluding ortho intramolecular Hbond substituents is 1. The van der Waals surface area contributed by atoms with Crippen molar-refractivity contribution in [3.63, 3.8) is 0 Å². The Kier molecular flexibility index (Phi) is 4.49. The topological polar surface area (TPSA) is 32.7 Å². The van der Waals surface area contributed by atoms with Crippen LogP contribution in [0.3, 0.4) is 0 Å². The predicted molar refractivity (Wildman–Crippen MR) is 80.9 cm³/mol. The summed E-state index contributed by atoms with van der Waals surface area (Å²) in [7, 11) is 3.38. The van der Waals surface area contributed by atoms with Gasteiger partial charge in [-0.1, -0.05) is 6.07 Å². The number of rotatable bonds is 4. The maximum absolute atomic E-state index is 13.2. The van der Waals surface area contributed by atoms with Gasteiger partial charge in [0, 0.05) is 19.3 Å². The average Bonchev–Trinajstić information content (AvgIpc) is 2.42. The van der Waals surface area contributed by atoms with Crippen molar-refractivity contribution in [1.29, 1.82) is 0 Å². The first-order valence-corrected chi connectivity index (χ1v) is 6.82. The Labute approximate surface area is 125 Å². The molecule has 0 aliphatic rings. The summed E-state index contributed by atoms with van der Waals surface area (Å²) in [6, 6.07) is 9.98. The van der Waals surface area contributed by atoms with Gasteiger partial charge in [-0.05, 0) is 51.8 Å². The third kappa shape index (κ3) is 3.22. The summed E-state index contributed by atoms with van der Waals surface area (Å²) in [5.74, 6) is 0.213. The summed E-state index contributed by atoms with van der Waals surface area (Å²) < 4.78 is 18.9. The fraction of sp³-hybridized carbons (Fsp3) is 0.200. The molecule has 0 bridgehead atoms. The van der Waals surface area contributed by atoms with Crippen LogP contribution in [-0.4, -0.2) is 19.3 Å². The number of hydrogen-bond donors (Lipinski definition) is 1. The van der Waals surface area contributed by atoms with Crippen LogP contribution in [0, 0.1) is 5.82 Å². The molecule has 0 unspecified atom stereocenters.